The minimum absolute atomic E-state index is 0.0115. The zero-order valence-corrected chi connectivity index (χ0v) is 10.4. The van der Waals surface area contributed by atoms with Crippen LogP contribution in [-0.4, -0.2) is 29.0 Å². The van der Waals surface area contributed by atoms with Crippen molar-refractivity contribution in [2.24, 2.45) is 5.73 Å². The summed E-state index contributed by atoms with van der Waals surface area (Å²) < 4.78 is 0. The lowest BCUT2D eigenvalue weighted by atomic mass is 10.2. The molecule has 0 bridgehead atoms. The molecule has 0 aliphatic carbocycles. The number of hydrogen-bond acceptors (Lipinski definition) is 3. The molecule has 0 rings (SSSR count). The maximum absolute atomic E-state index is 11.6. The summed E-state index contributed by atoms with van der Waals surface area (Å²) >= 11 is 1.62. The highest BCUT2D eigenvalue weighted by atomic mass is 32.2. The summed E-state index contributed by atoms with van der Waals surface area (Å²) in [6, 6.07) is 0.263. The van der Waals surface area contributed by atoms with Crippen LogP contribution in [0.1, 0.15) is 34.1 Å². The monoisotopic (exact) mass is 218 g/mol. The lowest BCUT2D eigenvalue weighted by Gasteiger charge is -2.18. The van der Waals surface area contributed by atoms with Crippen LogP contribution in [-0.2, 0) is 4.79 Å². The fraction of sp³-hybridized carbons (Fsp3) is 0.900. The van der Waals surface area contributed by atoms with Crippen LogP contribution in [0.5, 0.6) is 0 Å². The zero-order valence-electron chi connectivity index (χ0n) is 9.54. The van der Waals surface area contributed by atoms with Gasteiger partial charge in [-0.05, 0) is 20.3 Å². The molecule has 84 valence electrons. The van der Waals surface area contributed by atoms with Crippen LogP contribution >= 0.6 is 11.8 Å². The van der Waals surface area contributed by atoms with Gasteiger partial charge in [0.25, 0.3) is 0 Å². The number of thioether (sulfide) groups is 1. The maximum atomic E-state index is 11.6. The molecule has 0 saturated carbocycles. The second-order valence-electron chi connectivity index (χ2n) is 3.64. The van der Waals surface area contributed by atoms with E-state index >= 15 is 0 Å². The van der Waals surface area contributed by atoms with Gasteiger partial charge in [0.05, 0.1) is 5.25 Å². The SMILES string of the molecule is CCC(C)NC(=O)C(C)SC(C)CN. The topological polar surface area (TPSA) is 55.1 Å². The van der Waals surface area contributed by atoms with E-state index in [4.69, 9.17) is 5.73 Å². The summed E-state index contributed by atoms with van der Waals surface area (Å²) in [5.74, 6) is 0.115. The van der Waals surface area contributed by atoms with Crippen molar-refractivity contribution in [1.82, 2.24) is 5.32 Å². The molecule has 3 nitrogen and oxygen atoms in total. The van der Waals surface area contributed by atoms with Crippen molar-refractivity contribution in [3.05, 3.63) is 0 Å². The van der Waals surface area contributed by atoms with Crippen LogP contribution in [0.4, 0.5) is 0 Å². The lowest BCUT2D eigenvalue weighted by Crippen LogP contribution is -2.38. The Morgan fingerprint density at radius 3 is 2.43 bits per heavy atom. The zero-order chi connectivity index (χ0) is 11.1. The van der Waals surface area contributed by atoms with Crippen molar-refractivity contribution in [3.63, 3.8) is 0 Å². The molecule has 0 heterocycles. The Hall–Kier alpha value is -0.220. The summed E-state index contributed by atoms with van der Waals surface area (Å²) in [5.41, 5.74) is 5.50. The molecule has 0 aromatic carbocycles. The molecule has 4 heteroatoms. The van der Waals surface area contributed by atoms with Gasteiger partial charge in [0.1, 0.15) is 0 Å². The Bertz CT molecular complexity index is 176. The first-order valence-corrected chi connectivity index (χ1v) is 6.11. The molecule has 1 amide bonds. The van der Waals surface area contributed by atoms with Crippen LogP contribution < -0.4 is 11.1 Å². The molecule has 0 saturated heterocycles. The van der Waals surface area contributed by atoms with Crippen molar-refractivity contribution < 1.29 is 4.79 Å². The van der Waals surface area contributed by atoms with Crippen LogP contribution in [0.25, 0.3) is 0 Å². The molecule has 3 N–H and O–H groups in total. The predicted octanol–water partition coefficient (Wildman–Crippen LogP) is 1.37. The molecule has 3 unspecified atom stereocenters. The molecular weight excluding hydrogens is 196 g/mol. The highest BCUT2D eigenvalue weighted by Crippen LogP contribution is 2.16. The van der Waals surface area contributed by atoms with Crippen molar-refractivity contribution in [2.75, 3.05) is 6.54 Å². The van der Waals surface area contributed by atoms with Crippen LogP contribution in [0.3, 0.4) is 0 Å². The molecule has 0 aliphatic rings. The molecule has 3 atom stereocenters. The van der Waals surface area contributed by atoms with Gasteiger partial charge in [-0.15, -0.1) is 11.8 Å². The van der Waals surface area contributed by atoms with Crippen LogP contribution in [0.2, 0.25) is 0 Å². The van der Waals surface area contributed by atoms with Gasteiger partial charge in [-0.2, -0.15) is 0 Å². The molecule has 0 aliphatic heterocycles. The number of nitrogens with two attached hydrogens (primary N) is 1. The van der Waals surface area contributed by atoms with E-state index in [1.165, 1.54) is 0 Å². The summed E-state index contributed by atoms with van der Waals surface area (Å²) in [6.07, 6.45) is 0.968. The van der Waals surface area contributed by atoms with E-state index in [9.17, 15) is 4.79 Å². The summed E-state index contributed by atoms with van der Waals surface area (Å²) in [7, 11) is 0. The largest absolute Gasteiger partial charge is 0.353 e. The van der Waals surface area contributed by atoms with Crippen molar-refractivity contribution in [3.8, 4) is 0 Å². The van der Waals surface area contributed by atoms with Gasteiger partial charge < -0.3 is 11.1 Å². The Labute approximate surface area is 91.2 Å². The van der Waals surface area contributed by atoms with E-state index < -0.39 is 0 Å². The number of rotatable bonds is 6. The molecule has 14 heavy (non-hydrogen) atoms. The van der Waals surface area contributed by atoms with E-state index in [1.54, 1.807) is 11.8 Å². The van der Waals surface area contributed by atoms with E-state index in [0.717, 1.165) is 6.42 Å². The Morgan fingerprint density at radius 2 is 2.00 bits per heavy atom. The first kappa shape index (κ1) is 13.8. The molecule has 0 aromatic rings. The van der Waals surface area contributed by atoms with E-state index in [1.807, 2.05) is 20.8 Å². The number of amides is 1. The number of nitrogens with one attached hydrogen (secondary N) is 1. The van der Waals surface area contributed by atoms with E-state index in [0.29, 0.717) is 11.8 Å². The van der Waals surface area contributed by atoms with Gasteiger partial charge in [0.15, 0.2) is 0 Å². The minimum Gasteiger partial charge on any atom is -0.353 e. The third-order valence-electron chi connectivity index (χ3n) is 2.14. The van der Waals surface area contributed by atoms with Crippen molar-refractivity contribution in [1.29, 1.82) is 0 Å². The molecule has 0 aromatic heterocycles. The second-order valence-corrected chi connectivity index (χ2v) is 5.43. The molecule has 0 spiro atoms. The fourth-order valence-electron chi connectivity index (χ4n) is 0.928. The number of carbonyl (C=O) groups excluding carboxylic acids is 1. The third kappa shape index (κ3) is 5.50. The average Bonchev–Trinajstić information content (AvgIpc) is 2.17. The molecule has 0 fully saturated rings. The van der Waals surface area contributed by atoms with Gasteiger partial charge in [0.2, 0.25) is 5.91 Å². The first-order valence-electron chi connectivity index (χ1n) is 5.17. The first-order chi connectivity index (χ1) is 6.51. The minimum atomic E-state index is -0.0115. The number of carbonyl (C=O) groups is 1. The van der Waals surface area contributed by atoms with Gasteiger partial charge in [-0.3, -0.25) is 4.79 Å². The Morgan fingerprint density at radius 1 is 1.43 bits per heavy atom. The fourth-order valence-corrected chi connectivity index (χ4v) is 1.93. The quantitative estimate of drug-likeness (QED) is 0.708. The van der Waals surface area contributed by atoms with Gasteiger partial charge >= 0.3 is 0 Å². The third-order valence-corrected chi connectivity index (χ3v) is 3.42. The van der Waals surface area contributed by atoms with Crippen molar-refractivity contribution in [2.45, 2.75) is 50.7 Å². The smallest absolute Gasteiger partial charge is 0.233 e. The summed E-state index contributed by atoms with van der Waals surface area (Å²) in [6.45, 7) is 8.66. The highest BCUT2D eigenvalue weighted by Gasteiger charge is 2.17. The standard InChI is InChI=1S/C10H22N2OS/c1-5-7(2)12-10(13)9(4)14-8(3)6-11/h7-9H,5-6,11H2,1-4H3,(H,12,13). The van der Waals surface area contributed by atoms with Gasteiger partial charge in [-0.25, -0.2) is 0 Å². The lowest BCUT2D eigenvalue weighted by molar-refractivity contribution is -0.120. The van der Waals surface area contributed by atoms with E-state index in [-0.39, 0.29) is 17.2 Å². The normalized spacial score (nSPS) is 17.2. The molecule has 0 radical (unpaired) electrons. The van der Waals surface area contributed by atoms with Crippen LogP contribution in [0, 0.1) is 0 Å². The second kappa shape index (κ2) is 7.12. The summed E-state index contributed by atoms with van der Waals surface area (Å²) in [5, 5.41) is 3.29. The Balaban J connectivity index is 3.87. The van der Waals surface area contributed by atoms with Crippen molar-refractivity contribution >= 4 is 17.7 Å². The maximum Gasteiger partial charge on any atom is 0.233 e. The van der Waals surface area contributed by atoms with Gasteiger partial charge in [-0.1, -0.05) is 13.8 Å². The highest BCUT2D eigenvalue weighted by molar-refractivity contribution is 8.01. The Kier molecular flexibility index (Phi) is 7.01. The number of hydrogen-bond donors (Lipinski definition) is 2. The van der Waals surface area contributed by atoms with E-state index in [2.05, 4.69) is 12.2 Å². The van der Waals surface area contributed by atoms with Gasteiger partial charge in [0, 0.05) is 17.8 Å². The molecular formula is C10H22N2OS. The summed E-state index contributed by atoms with van der Waals surface area (Å²) in [4.78, 5) is 11.6. The average molecular weight is 218 g/mol. The van der Waals surface area contributed by atoms with Crippen LogP contribution in [0.15, 0.2) is 0 Å². The predicted molar refractivity (Wildman–Crippen MR) is 63.5 cm³/mol.